The van der Waals surface area contributed by atoms with E-state index >= 15 is 0 Å². The zero-order valence-corrected chi connectivity index (χ0v) is 6.72. The summed E-state index contributed by atoms with van der Waals surface area (Å²) in [6.07, 6.45) is 5.69. The first-order valence-corrected chi connectivity index (χ1v) is 3.13. The molecule has 0 aromatic heterocycles. The largest absolute Gasteiger partial charge is 0.673 e. The second-order valence-electron chi connectivity index (χ2n) is 2.69. The molecule has 0 saturated carbocycles. The molecule has 7 heteroatoms. The fourth-order valence-corrected chi connectivity index (χ4v) is 0.459. The summed E-state index contributed by atoms with van der Waals surface area (Å²) in [6, 6.07) is 0. The van der Waals surface area contributed by atoms with Crippen LogP contribution < -0.4 is 0 Å². The minimum atomic E-state index is -6.00. The molecule has 0 radical (unpaired) electrons. The Morgan fingerprint density at radius 1 is 1.17 bits per heavy atom. The van der Waals surface area contributed by atoms with Gasteiger partial charge in [-0.15, -0.1) is 0 Å². The van der Waals surface area contributed by atoms with Gasteiger partial charge in [0.05, 0.1) is 20.3 Å². The monoisotopic (exact) mass is 184 g/mol. The van der Waals surface area contributed by atoms with Gasteiger partial charge in [0, 0.05) is 0 Å². The van der Waals surface area contributed by atoms with E-state index in [1.54, 1.807) is 6.20 Å². The van der Waals surface area contributed by atoms with E-state index in [1.165, 1.54) is 0 Å². The molecule has 0 aromatic carbocycles. The third-order valence-electron chi connectivity index (χ3n) is 0.901. The topological polar surface area (TPSA) is 12.4 Å². The van der Waals surface area contributed by atoms with Gasteiger partial charge in [-0.2, -0.15) is 0 Å². The van der Waals surface area contributed by atoms with E-state index in [4.69, 9.17) is 0 Å². The summed E-state index contributed by atoms with van der Waals surface area (Å²) in [4.78, 5) is 3.90. The Morgan fingerprint density at radius 3 is 1.67 bits per heavy atom. The summed E-state index contributed by atoms with van der Waals surface area (Å²) < 4.78 is 39.8. The molecule has 0 aliphatic carbocycles. The number of aliphatic imine (C=N–C) groups is 1. The molecular formula is C5H9BF4N2. The molecule has 0 aromatic rings. The summed E-state index contributed by atoms with van der Waals surface area (Å²) in [5, 5.41) is 0. The van der Waals surface area contributed by atoms with Crippen LogP contribution in [-0.4, -0.2) is 32.2 Å². The Labute approximate surface area is 67.9 Å². The van der Waals surface area contributed by atoms with E-state index in [1.807, 2.05) is 12.5 Å². The fraction of sp³-hybridized carbons (Fsp3) is 0.400. The molecule has 1 aliphatic rings. The number of nitrogens with zero attached hydrogens (tertiary/aromatic N) is 2. The molecule has 0 spiro atoms. The van der Waals surface area contributed by atoms with Crippen molar-refractivity contribution in [3.8, 4) is 0 Å². The highest BCUT2D eigenvalue weighted by Crippen LogP contribution is 2.06. The highest BCUT2D eigenvalue weighted by Gasteiger charge is 2.20. The van der Waals surface area contributed by atoms with Gasteiger partial charge in [-0.05, 0) is 0 Å². The van der Waals surface area contributed by atoms with Crippen molar-refractivity contribution in [1.29, 1.82) is 0 Å². The molecule has 0 bridgehead atoms. The second-order valence-corrected chi connectivity index (χ2v) is 2.69. The molecule has 0 unspecified atom stereocenters. The van der Waals surface area contributed by atoms with Gasteiger partial charge in [0.25, 0.3) is 0 Å². The number of halogens is 4. The van der Waals surface area contributed by atoms with E-state index in [2.05, 4.69) is 19.1 Å². The standard InChI is InChI=1S/C5H9N2.BF4/c1-7(2)4-3-6-5-7;2-1(3,4)5/h3-5H,1-2H3;/q+1;-1. The molecule has 12 heavy (non-hydrogen) atoms. The molecule has 1 aliphatic heterocycles. The van der Waals surface area contributed by atoms with Gasteiger partial charge in [-0.3, -0.25) is 4.48 Å². The van der Waals surface area contributed by atoms with Crippen LogP contribution in [-0.2, 0) is 0 Å². The minimum Gasteiger partial charge on any atom is -0.418 e. The first-order valence-electron chi connectivity index (χ1n) is 3.13. The van der Waals surface area contributed by atoms with Crippen molar-refractivity contribution in [2.45, 2.75) is 0 Å². The lowest BCUT2D eigenvalue weighted by molar-refractivity contribution is -0.732. The lowest BCUT2D eigenvalue weighted by Crippen LogP contribution is -2.28. The predicted octanol–water partition coefficient (Wildman–Crippen LogP) is 1.88. The Kier molecular flexibility index (Phi) is 3.44. The molecule has 70 valence electrons. The zero-order chi connectivity index (χ0) is 9.83. The van der Waals surface area contributed by atoms with Crippen LogP contribution in [0.4, 0.5) is 17.3 Å². The van der Waals surface area contributed by atoms with Crippen molar-refractivity contribution in [2.75, 3.05) is 14.1 Å². The predicted molar refractivity (Wildman–Crippen MR) is 39.9 cm³/mol. The first kappa shape index (κ1) is 11.2. The van der Waals surface area contributed by atoms with Crippen LogP contribution in [0.3, 0.4) is 0 Å². The molecule has 0 fully saturated rings. The molecule has 0 atom stereocenters. The number of quaternary nitrogens is 1. The normalized spacial score (nSPS) is 18.8. The first-order chi connectivity index (χ1) is 5.21. The molecule has 0 N–H and O–H groups in total. The van der Waals surface area contributed by atoms with E-state index in [0.717, 1.165) is 4.48 Å². The van der Waals surface area contributed by atoms with Gasteiger partial charge in [0.1, 0.15) is 6.20 Å². The highest BCUT2D eigenvalue weighted by atomic mass is 19.5. The quantitative estimate of drug-likeness (QED) is 0.309. The van der Waals surface area contributed by atoms with Crippen molar-refractivity contribution >= 4 is 13.6 Å². The average molecular weight is 184 g/mol. The SMILES string of the molecule is C[N+]1(C)C=CN=C1.F[B-](F)(F)F. The second kappa shape index (κ2) is 3.71. The Balaban J connectivity index is 0.000000217. The lowest BCUT2D eigenvalue weighted by Gasteiger charge is -2.12. The van der Waals surface area contributed by atoms with Crippen LogP contribution in [0.15, 0.2) is 17.4 Å². The Hall–Kier alpha value is -0.845. The molecule has 2 nitrogen and oxygen atoms in total. The van der Waals surface area contributed by atoms with E-state index in [0.29, 0.717) is 0 Å². The molecule has 0 saturated heterocycles. The third kappa shape index (κ3) is 9.15. The van der Waals surface area contributed by atoms with E-state index in [9.17, 15) is 17.3 Å². The van der Waals surface area contributed by atoms with Gasteiger partial charge < -0.3 is 17.3 Å². The van der Waals surface area contributed by atoms with Crippen LogP contribution in [0.2, 0.25) is 0 Å². The van der Waals surface area contributed by atoms with Gasteiger partial charge in [0.15, 0.2) is 6.34 Å². The van der Waals surface area contributed by atoms with Gasteiger partial charge in [0.2, 0.25) is 0 Å². The molecule has 1 rings (SSSR count). The average Bonchev–Trinajstić information content (AvgIpc) is 2.08. The smallest absolute Gasteiger partial charge is 0.418 e. The maximum Gasteiger partial charge on any atom is 0.673 e. The van der Waals surface area contributed by atoms with Crippen LogP contribution in [0.25, 0.3) is 0 Å². The summed E-state index contributed by atoms with van der Waals surface area (Å²) in [7, 11) is -1.88. The van der Waals surface area contributed by atoms with Crippen LogP contribution in [0.5, 0.6) is 0 Å². The van der Waals surface area contributed by atoms with Crippen LogP contribution in [0, 0.1) is 0 Å². The van der Waals surface area contributed by atoms with Crippen LogP contribution in [0.1, 0.15) is 0 Å². The highest BCUT2D eigenvalue weighted by molar-refractivity contribution is 6.50. The lowest BCUT2D eigenvalue weighted by atomic mass is 10.3. The summed E-state index contributed by atoms with van der Waals surface area (Å²) in [6.45, 7) is 0. The molecule has 0 amide bonds. The summed E-state index contributed by atoms with van der Waals surface area (Å²) in [5.74, 6) is 0. The summed E-state index contributed by atoms with van der Waals surface area (Å²) >= 11 is 0. The number of rotatable bonds is 0. The zero-order valence-electron chi connectivity index (χ0n) is 6.72. The Bertz CT molecular complexity index is 176. The Morgan fingerprint density at radius 2 is 1.58 bits per heavy atom. The number of hydrogen-bond donors (Lipinski definition) is 0. The van der Waals surface area contributed by atoms with Crippen molar-refractivity contribution < 1.29 is 21.7 Å². The van der Waals surface area contributed by atoms with Crippen molar-refractivity contribution in [1.82, 2.24) is 0 Å². The van der Waals surface area contributed by atoms with Crippen LogP contribution >= 0.6 is 0 Å². The van der Waals surface area contributed by atoms with Crippen molar-refractivity contribution in [2.24, 2.45) is 4.99 Å². The van der Waals surface area contributed by atoms with Crippen molar-refractivity contribution in [3.05, 3.63) is 12.4 Å². The van der Waals surface area contributed by atoms with Gasteiger partial charge >= 0.3 is 7.25 Å². The third-order valence-corrected chi connectivity index (χ3v) is 0.901. The van der Waals surface area contributed by atoms with Crippen molar-refractivity contribution in [3.63, 3.8) is 0 Å². The molecular weight excluding hydrogens is 175 g/mol. The molecule has 1 heterocycles. The van der Waals surface area contributed by atoms with Gasteiger partial charge in [-0.1, -0.05) is 0 Å². The summed E-state index contributed by atoms with van der Waals surface area (Å²) in [5.41, 5.74) is 0. The maximum atomic E-state index is 9.75. The maximum absolute atomic E-state index is 9.75. The van der Waals surface area contributed by atoms with E-state index < -0.39 is 7.25 Å². The van der Waals surface area contributed by atoms with E-state index in [-0.39, 0.29) is 0 Å². The minimum absolute atomic E-state index is 0.778. The van der Waals surface area contributed by atoms with Gasteiger partial charge in [-0.25, -0.2) is 4.99 Å². The number of hydrogen-bond acceptors (Lipinski definition) is 1. The fourth-order valence-electron chi connectivity index (χ4n) is 0.459.